The highest BCUT2D eigenvalue weighted by atomic mass is 16.5. The fraction of sp³-hybridized carbons (Fsp3) is 0.733. The quantitative estimate of drug-likeness (QED) is 0.537. The lowest BCUT2D eigenvalue weighted by Crippen LogP contribution is -3.14. The van der Waals surface area contributed by atoms with Crippen molar-refractivity contribution in [1.29, 1.82) is 0 Å². The van der Waals surface area contributed by atoms with Gasteiger partial charge >= 0.3 is 0 Å². The van der Waals surface area contributed by atoms with Crippen LogP contribution in [0.1, 0.15) is 6.42 Å². The van der Waals surface area contributed by atoms with Crippen LogP contribution >= 0.6 is 0 Å². The summed E-state index contributed by atoms with van der Waals surface area (Å²) in [5.41, 5.74) is 0. The van der Waals surface area contributed by atoms with Crippen molar-refractivity contribution >= 4 is 11.9 Å². The molecule has 6 heteroatoms. The standard InChI is InChI=1S/C15H22N2O4/c18-14(16-3-4-17-5-7-21-8-6-17)12-10-1-2-11(9-10)13(12)15(19)20/h1-2,10-13H,3-9H2,(H,16,18)(H,19,20)/t10-,11-,12+,13-/m0/s1. The van der Waals surface area contributed by atoms with Gasteiger partial charge in [0.15, 0.2) is 0 Å². The Labute approximate surface area is 124 Å². The van der Waals surface area contributed by atoms with Gasteiger partial charge in [0.2, 0.25) is 5.91 Å². The Morgan fingerprint density at radius 1 is 1.19 bits per heavy atom. The second-order valence-corrected chi connectivity index (χ2v) is 6.22. The Balaban J connectivity index is 1.50. The van der Waals surface area contributed by atoms with Crippen molar-refractivity contribution in [3.63, 3.8) is 0 Å². The summed E-state index contributed by atoms with van der Waals surface area (Å²) in [5, 5.41) is 14.2. The lowest BCUT2D eigenvalue weighted by atomic mass is 9.82. The topological polar surface area (TPSA) is 82.9 Å². The minimum Gasteiger partial charge on any atom is -0.550 e. The van der Waals surface area contributed by atoms with E-state index in [1.54, 1.807) is 0 Å². The maximum absolute atomic E-state index is 12.3. The Morgan fingerprint density at radius 3 is 2.52 bits per heavy atom. The number of allylic oxidation sites excluding steroid dienone is 2. The maximum atomic E-state index is 12.3. The molecule has 3 aliphatic rings. The van der Waals surface area contributed by atoms with Gasteiger partial charge in [0.25, 0.3) is 0 Å². The SMILES string of the molecule is O=C([O-])[C@@H]1[C@H](C(=O)NCC[NH+]2CCOCC2)[C@H]2C=C[C@H]1C2. The molecule has 116 valence electrons. The molecule has 0 radical (unpaired) electrons. The molecule has 0 aromatic carbocycles. The second-order valence-electron chi connectivity index (χ2n) is 6.22. The van der Waals surface area contributed by atoms with Crippen LogP contribution in [0.25, 0.3) is 0 Å². The van der Waals surface area contributed by atoms with Crippen molar-refractivity contribution in [2.45, 2.75) is 6.42 Å². The number of carbonyl (C=O) groups excluding carboxylic acids is 2. The van der Waals surface area contributed by atoms with E-state index in [-0.39, 0.29) is 17.7 Å². The van der Waals surface area contributed by atoms with Gasteiger partial charge in [-0.1, -0.05) is 12.2 Å². The van der Waals surface area contributed by atoms with E-state index in [1.807, 2.05) is 12.2 Å². The molecule has 0 aromatic heterocycles. The van der Waals surface area contributed by atoms with Crippen molar-refractivity contribution in [1.82, 2.24) is 5.32 Å². The predicted molar refractivity (Wildman–Crippen MR) is 72.1 cm³/mol. The van der Waals surface area contributed by atoms with E-state index in [1.165, 1.54) is 4.90 Å². The highest BCUT2D eigenvalue weighted by Crippen LogP contribution is 2.47. The van der Waals surface area contributed by atoms with Crippen LogP contribution in [0.5, 0.6) is 0 Å². The molecule has 0 unspecified atom stereocenters. The first-order valence-corrected chi connectivity index (χ1v) is 7.75. The van der Waals surface area contributed by atoms with Crippen molar-refractivity contribution in [3.8, 4) is 0 Å². The summed E-state index contributed by atoms with van der Waals surface area (Å²) in [4.78, 5) is 25.0. The summed E-state index contributed by atoms with van der Waals surface area (Å²) in [5.74, 6) is -2.30. The van der Waals surface area contributed by atoms with Crippen molar-refractivity contribution < 1.29 is 24.3 Å². The molecule has 1 aliphatic heterocycles. The smallest absolute Gasteiger partial charge is 0.224 e. The summed E-state index contributed by atoms with van der Waals surface area (Å²) in [6.45, 7) is 4.93. The van der Waals surface area contributed by atoms with E-state index < -0.39 is 17.8 Å². The van der Waals surface area contributed by atoms with Crippen LogP contribution in [0.15, 0.2) is 12.2 Å². The molecule has 3 rings (SSSR count). The van der Waals surface area contributed by atoms with Crippen LogP contribution < -0.4 is 15.3 Å². The molecule has 1 saturated carbocycles. The number of quaternary nitrogens is 1. The van der Waals surface area contributed by atoms with Gasteiger partial charge in [0.05, 0.1) is 32.2 Å². The van der Waals surface area contributed by atoms with E-state index in [2.05, 4.69) is 5.32 Å². The Kier molecular flexibility index (Phi) is 4.26. The number of rotatable bonds is 5. The highest BCUT2D eigenvalue weighted by Gasteiger charge is 2.48. The van der Waals surface area contributed by atoms with Crippen LogP contribution in [0.4, 0.5) is 0 Å². The number of nitrogens with one attached hydrogen (secondary N) is 2. The molecule has 2 bridgehead atoms. The van der Waals surface area contributed by atoms with E-state index in [0.29, 0.717) is 6.54 Å². The number of carboxylic acid groups (broad SMARTS) is 1. The van der Waals surface area contributed by atoms with Gasteiger partial charge in [0, 0.05) is 11.9 Å². The normalized spacial score (nSPS) is 35.0. The molecule has 2 N–H and O–H groups in total. The molecule has 0 aromatic rings. The van der Waals surface area contributed by atoms with E-state index in [9.17, 15) is 14.7 Å². The zero-order chi connectivity index (χ0) is 14.8. The van der Waals surface area contributed by atoms with Gasteiger partial charge in [-0.05, 0) is 18.3 Å². The summed E-state index contributed by atoms with van der Waals surface area (Å²) in [6, 6.07) is 0. The van der Waals surface area contributed by atoms with Gasteiger partial charge in [-0.25, -0.2) is 0 Å². The lowest BCUT2D eigenvalue weighted by molar-refractivity contribution is -0.906. The molecular formula is C15H22N2O4. The zero-order valence-electron chi connectivity index (χ0n) is 12.0. The number of ether oxygens (including phenoxy) is 1. The monoisotopic (exact) mass is 294 g/mol. The minimum atomic E-state index is -1.09. The summed E-state index contributed by atoms with van der Waals surface area (Å²) >= 11 is 0. The van der Waals surface area contributed by atoms with Crippen LogP contribution in [-0.4, -0.2) is 51.3 Å². The summed E-state index contributed by atoms with van der Waals surface area (Å²) in [7, 11) is 0. The van der Waals surface area contributed by atoms with Gasteiger partial charge < -0.3 is 24.9 Å². The minimum absolute atomic E-state index is 0.0272. The molecule has 21 heavy (non-hydrogen) atoms. The Hall–Kier alpha value is -1.40. The first-order chi connectivity index (χ1) is 10.2. The summed E-state index contributed by atoms with van der Waals surface area (Å²) < 4.78 is 5.29. The third kappa shape index (κ3) is 2.96. The van der Waals surface area contributed by atoms with Crippen molar-refractivity contribution in [2.24, 2.45) is 23.7 Å². The Morgan fingerprint density at radius 2 is 1.86 bits per heavy atom. The molecule has 4 atom stereocenters. The molecule has 0 spiro atoms. The largest absolute Gasteiger partial charge is 0.550 e. The fourth-order valence-corrected chi connectivity index (χ4v) is 3.89. The zero-order valence-corrected chi connectivity index (χ0v) is 12.0. The molecule has 1 saturated heterocycles. The van der Waals surface area contributed by atoms with E-state index >= 15 is 0 Å². The average Bonchev–Trinajstić information content (AvgIpc) is 3.08. The third-order valence-corrected chi connectivity index (χ3v) is 5.01. The number of hydrogen-bond donors (Lipinski definition) is 2. The number of morpholine rings is 1. The molecule has 1 heterocycles. The lowest BCUT2D eigenvalue weighted by Gasteiger charge is -2.28. The number of hydrogen-bond acceptors (Lipinski definition) is 4. The number of aliphatic carboxylic acids is 1. The average molecular weight is 294 g/mol. The first kappa shape index (κ1) is 14.5. The van der Waals surface area contributed by atoms with Gasteiger partial charge in [-0.2, -0.15) is 0 Å². The summed E-state index contributed by atoms with van der Waals surface area (Å²) in [6.07, 6.45) is 4.68. The van der Waals surface area contributed by atoms with Crippen molar-refractivity contribution in [2.75, 3.05) is 39.4 Å². The van der Waals surface area contributed by atoms with E-state index in [4.69, 9.17) is 4.74 Å². The molecule has 1 amide bonds. The van der Waals surface area contributed by atoms with Crippen LogP contribution in [0, 0.1) is 23.7 Å². The van der Waals surface area contributed by atoms with Gasteiger partial charge in [-0.3, -0.25) is 4.79 Å². The highest BCUT2D eigenvalue weighted by molar-refractivity contribution is 5.86. The van der Waals surface area contributed by atoms with E-state index in [0.717, 1.165) is 39.3 Å². The van der Waals surface area contributed by atoms with Crippen LogP contribution in [-0.2, 0) is 14.3 Å². The maximum Gasteiger partial charge on any atom is 0.224 e. The fourth-order valence-electron chi connectivity index (χ4n) is 3.89. The third-order valence-electron chi connectivity index (χ3n) is 5.01. The molecular weight excluding hydrogens is 272 g/mol. The Bertz CT molecular complexity index is 445. The van der Waals surface area contributed by atoms with Crippen molar-refractivity contribution in [3.05, 3.63) is 12.2 Å². The second kappa shape index (κ2) is 6.15. The molecule has 2 fully saturated rings. The predicted octanol–water partition coefficient (Wildman–Crippen LogP) is -2.79. The van der Waals surface area contributed by atoms with Gasteiger partial charge in [-0.15, -0.1) is 0 Å². The number of carbonyl (C=O) groups is 2. The molecule has 2 aliphatic carbocycles. The molecule has 6 nitrogen and oxygen atoms in total. The number of fused-ring (bicyclic) bond motifs is 2. The van der Waals surface area contributed by atoms with Crippen LogP contribution in [0.3, 0.4) is 0 Å². The van der Waals surface area contributed by atoms with Gasteiger partial charge in [0.1, 0.15) is 13.1 Å². The first-order valence-electron chi connectivity index (χ1n) is 7.75. The number of carboxylic acids is 1. The van der Waals surface area contributed by atoms with Crippen LogP contribution in [0.2, 0.25) is 0 Å². The number of amides is 1.